The molecule has 0 aliphatic carbocycles. The van der Waals surface area contributed by atoms with Crippen LogP contribution in [0.2, 0.25) is 0 Å². The van der Waals surface area contributed by atoms with E-state index >= 15 is 0 Å². The van der Waals surface area contributed by atoms with Crippen molar-refractivity contribution in [1.29, 1.82) is 0 Å². The van der Waals surface area contributed by atoms with Gasteiger partial charge < -0.3 is 15.0 Å². The zero-order chi connectivity index (χ0) is 24.0. The molecule has 3 heterocycles. The Hall–Kier alpha value is -3.93. The molecular weight excluding hydrogens is 436 g/mol. The SMILES string of the molecule is COc1ccc(C(=O)N2CCC[C@@H](Cc3cccc4cccnc34)C2)cc1NCc1cccnc1. The van der Waals surface area contributed by atoms with E-state index in [0.29, 0.717) is 23.8 Å². The largest absolute Gasteiger partial charge is 0.495 e. The summed E-state index contributed by atoms with van der Waals surface area (Å²) in [6, 6.07) is 20.0. The standard InChI is InChI=1S/C29H30N4O2/c1-35-27-12-11-25(17-26(27)32-19-22-6-3-13-30-18-22)29(34)33-15-5-7-21(20-33)16-24-9-2-8-23-10-4-14-31-28(23)24/h2-4,6,8-14,17-18,21,32H,5,7,15-16,19-20H2,1H3/t21-/m0/s1. The Morgan fingerprint density at radius 1 is 1.11 bits per heavy atom. The van der Waals surface area contributed by atoms with Crippen molar-refractivity contribution < 1.29 is 9.53 Å². The van der Waals surface area contributed by atoms with E-state index in [1.165, 1.54) is 10.9 Å². The molecule has 1 fully saturated rings. The number of carbonyl (C=O) groups is 1. The monoisotopic (exact) mass is 466 g/mol. The van der Waals surface area contributed by atoms with E-state index in [2.05, 4.69) is 39.6 Å². The first-order chi connectivity index (χ1) is 17.2. The summed E-state index contributed by atoms with van der Waals surface area (Å²) in [5, 5.41) is 4.56. The average molecular weight is 467 g/mol. The number of nitrogens with one attached hydrogen (secondary N) is 1. The van der Waals surface area contributed by atoms with Gasteiger partial charge in [0, 0.05) is 49.2 Å². The van der Waals surface area contributed by atoms with Crippen LogP contribution >= 0.6 is 0 Å². The smallest absolute Gasteiger partial charge is 0.253 e. The maximum Gasteiger partial charge on any atom is 0.253 e. The number of nitrogens with zero attached hydrogens (tertiary/aromatic N) is 3. The zero-order valence-corrected chi connectivity index (χ0v) is 20.0. The van der Waals surface area contributed by atoms with Crippen molar-refractivity contribution in [2.75, 3.05) is 25.5 Å². The summed E-state index contributed by atoms with van der Waals surface area (Å²) in [5.41, 5.74) is 4.87. The first-order valence-electron chi connectivity index (χ1n) is 12.1. The maximum absolute atomic E-state index is 13.5. The molecule has 0 saturated carbocycles. The first kappa shape index (κ1) is 22.8. The quantitative estimate of drug-likeness (QED) is 0.398. The lowest BCUT2D eigenvalue weighted by Crippen LogP contribution is -2.40. The van der Waals surface area contributed by atoms with Gasteiger partial charge in [-0.25, -0.2) is 0 Å². The third-order valence-electron chi connectivity index (χ3n) is 6.68. The van der Waals surface area contributed by atoms with Crippen molar-refractivity contribution in [3.05, 3.63) is 95.9 Å². The van der Waals surface area contributed by atoms with Gasteiger partial charge in [-0.15, -0.1) is 0 Å². The topological polar surface area (TPSA) is 67.3 Å². The Labute approximate surface area is 206 Å². The van der Waals surface area contributed by atoms with Crippen LogP contribution in [0.1, 0.15) is 34.3 Å². The molecule has 0 radical (unpaired) electrons. The number of anilines is 1. The fraction of sp³-hybridized carbons (Fsp3) is 0.276. The number of amides is 1. The number of pyridine rings is 2. The second-order valence-electron chi connectivity index (χ2n) is 9.09. The van der Waals surface area contributed by atoms with Crippen molar-refractivity contribution >= 4 is 22.5 Å². The van der Waals surface area contributed by atoms with Gasteiger partial charge in [-0.1, -0.05) is 30.3 Å². The minimum absolute atomic E-state index is 0.0674. The van der Waals surface area contributed by atoms with Gasteiger partial charge in [-0.3, -0.25) is 14.8 Å². The molecule has 1 saturated heterocycles. The van der Waals surface area contributed by atoms with Crippen LogP contribution in [0.5, 0.6) is 5.75 Å². The fourth-order valence-electron chi connectivity index (χ4n) is 4.92. The van der Waals surface area contributed by atoms with Gasteiger partial charge in [0.1, 0.15) is 5.75 Å². The number of benzene rings is 2. The van der Waals surface area contributed by atoms with E-state index in [-0.39, 0.29) is 5.91 Å². The Balaban J connectivity index is 1.29. The number of piperidine rings is 1. The van der Waals surface area contributed by atoms with Gasteiger partial charge in [0.25, 0.3) is 5.91 Å². The molecule has 0 bridgehead atoms. The summed E-state index contributed by atoms with van der Waals surface area (Å²) in [6.45, 7) is 2.15. The highest BCUT2D eigenvalue weighted by molar-refractivity contribution is 5.95. The number of carbonyl (C=O) groups excluding carboxylic acids is 1. The first-order valence-corrected chi connectivity index (χ1v) is 12.1. The Morgan fingerprint density at radius 3 is 2.86 bits per heavy atom. The van der Waals surface area contributed by atoms with Crippen molar-refractivity contribution in [2.24, 2.45) is 5.92 Å². The summed E-state index contributed by atoms with van der Waals surface area (Å²) >= 11 is 0. The third kappa shape index (κ3) is 5.27. The number of likely N-dealkylation sites (tertiary alicyclic amines) is 1. The normalized spacial score (nSPS) is 15.7. The second-order valence-corrected chi connectivity index (χ2v) is 9.09. The number of rotatable bonds is 7. The molecule has 178 valence electrons. The molecule has 1 N–H and O–H groups in total. The van der Waals surface area contributed by atoms with Crippen molar-refractivity contribution in [1.82, 2.24) is 14.9 Å². The van der Waals surface area contributed by atoms with Crippen LogP contribution in [-0.4, -0.2) is 41.0 Å². The van der Waals surface area contributed by atoms with E-state index in [9.17, 15) is 4.79 Å². The Morgan fingerprint density at radius 2 is 2.00 bits per heavy atom. The van der Waals surface area contributed by atoms with Crippen LogP contribution in [-0.2, 0) is 13.0 Å². The maximum atomic E-state index is 13.5. The molecule has 1 atom stereocenters. The molecule has 5 rings (SSSR count). The number of hydrogen-bond acceptors (Lipinski definition) is 5. The van der Waals surface area contributed by atoms with Gasteiger partial charge in [0.15, 0.2) is 0 Å². The summed E-state index contributed by atoms with van der Waals surface area (Å²) in [5.74, 6) is 1.20. The van der Waals surface area contributed by atoms with Crippen molar-refractivity contribution in [3.63, 3.8) is 0 Å². The number of para-hydroxylation sites is 1. The molecule has 2 aromatic carbocycles. The molecule has 1 amide bonds. The molecule has 6 heteroatoms. The van der Waals surface area contributed by atoms with Gasteiger partial charge in [-0.2, -0.15) is 0 Å². The number of ether oxygens (including phenoxy) is 1. The Bertz CT molecular complexity index is 1300. The molecule has 2 aromatic heterocycles. The molecule has 1 aliphatic heterocycles. The molecular formula is C29H30N4O2. The summed E-state index contributed by atoms with van der Waals surface area (Å²) in [7, 11) is 1.64. The van der Waals surface area contributed by atoms with Crippen molar-refractivity contribution in [3.8, 4) is 5.75 Å². The van der Waals surface area contributed by atoms with Gasteiger partial charge in [0.2, 0.25) is 0 Å². The van der Waals surface area contributed by atoms with E-state index in [0.717, 1.165) is 49.1 Å². The number of aromatic nitrogens is 2. The molecule has 0 unspecified atom stereocenters. The van der Waals surface area contributed by atoms with Crippen LogP contribution in [0.15, 0.2) is 79.3 Å². The van der Waals surface area contributed by atoms with E-state index < -0.39 is 0 Å². The Kier molecular flexibility index (Phi) is 6.89. The fourth-order valence-corrected chi connectivity index (χ4v) is 4.92. The highest BCUT2D eigenvalue weighted by Gasteiger charge is 2.25. The van der Waals surface area contributed by atoms with Crippen LogP contribution in [0, 0.1) is 5.92 Å². The van der Waals surface area contributed by atoms with Crippen LogP contribution in [0.3, 0.4) is 0 Å². The average Bonchev–Trinajstić information content (AvgIpc) is 2.92. The minimum Gasteiger partial charge on any atom is -0.495 e. The predicted octanol–water partition coefficient (Wildman–Crippen LogP) is 5.35. The van der Waals surface area contributed by atoms with Crippen LogP contribution < -0.4 is 10.1 Å². The molecule has 35 heavy (non-hydrogen) atoms. The molecule has 1 aliphatic rings. The van der Waals surface area contributed by atoms with Crippen LogP contribution in [0.4, 0.5) is 5.69 Å². The number of hydrogen-bond donors (Lipinski definition) is 1. The predicted molar refractivity (Wildman–Crippen MR) is 139 cm³/mol. The van der Waals surface area contributed by atoms with Gasteiger partial charge in [0.05, 0.1) is 18.3 Å². The van der Waals surface area contributed by atoms with E-state index in [1.807, 2.05) is 53.7 Å². The molecule has 0 spiro atoms. The zero-order valence-electron chi connectivity index (χ0n) is 20.0. The van der Waals surface area contributed by atoms with Crippen LogP contribution in [0.25, 0.3) is 10.9 Å². The molecule has 6 nitrogen and oxygen atoms in total. The minimum atomic E-state index is 0.0674. The third-order valence-corrected chi connectivity index (χ3v) is 6.68. The van der Waals surface area contributed by atoms with Crippen molar-refractivity contribution in [2.45, 2.75) is 25.8 Å². The lowest BCUT2D eigenvalue weighted by molar-refractivity contribution is 0.0673. The molecule has 4 aromatic rings. The number of fused-ring (bicyclic) bond motifs is 1. The lowest BCUT2D eigenvalue weighted by Gasteiger charge is -2.33. The number of methoxy groups -OCH3 is 1. The lowest BCUT2D eigenvalue weighted by atomic mass is 9.90. The van der Waals surface area contributed by atoms with E-state index in [1.54, 1.807) is 13.3 Å². The highest BCUT2D eigenvalue weighted by Crippen LogP contribution is 2.29. The van der Waals surface area contributed by atoms with Gasteiger partial charge in [-0.05, 0) is 66.6 Å². The summed E-state index contributed by atoms with van der Waals surface area (Å²) in [4.78, 5) is 24.2. The summed E-state index contributed by atoms with van der Waals surface area (Å²) < 4.78 is 5.52. The second kappa shape index (κ2) is 10.6. The highest BCUT2D eigenvalue weighted by atomic mass is 16.5. The van der Waals surface area contributed by atoms with Gasteiger partial charge >= 0.3 is 0 Å². The summed E-state index contributed by atoms with van der Waals surface area (Å²) in [6.07, 6.45) is 8.50. The van der Waals surface area contributed by atoms with E-state index in [4.69, 9.17) is 4.74 Å².